The van der Waals surface area contributed by atoms with E-state index in [0.29, 0.717) is 0 Å². The molecule has 0 saturated carbocycles. The average Bonchev–Trinajstić information content (AvgIpc) is 2.85. The van der Waals surface area contributed by atoms with Crippen molar-refractivity contribution < 1.29 is 17.1 Å². The fourth-order valence-electron chi connectivity index (χ4n) is 0.642. The van der Waals surface area contributed by atoms with Gasteiger partial charge in [0.25, 0.3) is 0 Å². The van der Waals surface area contributed by atoms with Crippen molar-refractivity contribution in [2.75, 3.05) is 0 Å². The van der Waals surface area contributed by atoms with Crippen LogP contribution in [0.3, 0.4) is 0 Å². The van der Waals surface area contributed by atoms with E-state index in [9.17, 15) is 0 Å². The van der Waals surface area contributed by atoms with Crippen LogP contribution >= 0.6 is 0 Å². The van der Waals surface area contributed by atoms with Crippen LogP contribution in [0.25, 0.3) is 0 Å². The Bertz CT molecular complexity index is 180. The quantitative estimate of drug-likeness (QED) is 0.363. The van der Waals surface area contributed by atoms with Gasteiger partial charge in [-0.05, 0) is 6.92 Å². The Morgan fingerprint density at radius 1 is 0.857 bits per heavy atom. The molecule has 0 aliphatic rings. The van der Waals surface area contributed by atoms with Gasteiger partial charge < -0.3 is 0 Å². The zero-order valence-corrected chi connectivity index (χ0v) is 9.52. The van der Waals surface area contributed by atoms with Crippen molar-refractivity contribution in [3.8, 4) is 0 Å². The predicted molar refractivity (Wildman–Crippen MR) is 59.9 cm³/mol. The third-order valence-electron chi connectivity index (χ3n) is 1.11. The molecule has 0 bridgehead atoms. The largest absolute Gasteiger partial charge is 2.00 e. The molecular weight excluding hydrogens is 212 g/mol. The summed E-state index contributed by atoms with van der Waals surface area (Å²) in [5.74, 6) is 0. The summed E-state index contributed by atoms with van der Waals surface area (Å²) >= 11 is 0. The van der Waals surface area contributed by atoms with Gasteiger partial charge in [0.2, 0.25) is 0 Å². The van der Waals surface area contributed by atoms with Crippen LogP contribution < -0.4 is 0 Å². The number of rotatable bonds is 0. The molecule has 0 spiro atoms. The molecule has 2 aromatic carbocycles. The molecule has 0 atom stereocenters. The Morgan fingerprint density at radius 2 is 1.07 bits per heavy atom. The zero-order chi connectivity index (χ0) is 9.78. The van der Waals surface area contributed by atoms with Gasteiger partial charge in [-0.1, -0.05) is 6.08 Å². The van der Waals surface area contributed by atoms with E-state index >= 15 is 0 Å². The van der Waals surface area contributed by atoms with Gasteiger partial charge in [0, 0.05) is 0 Å². The molecule has 0 nitrogen and oxygen atoms in total. The summed E-state index contributed by atoms with van der Waals surface area (Å²) in [7, 11) is 0. The molecule has 0 N–H and O–H groups in total. The number of allylic oxidation sites excluding steroid dienone is 1. The first-order valence-electron chi connectivity index (χ1n) is 4.32. The SMILES string of the molecule is C=CC.[Fe+2].c1cc[cH-]c1.c1cc[cH-]c1. The molecule has 0 aliphatic carbocycles. The first kappa shape index (κ1) is 15.4. The second kappa shape index (κ2) is 14.5. The maximum Gasteiger partial charge on any atom is 2.00 e. The van der Waals surface area contributed by atoms with Gasteiger partial charge in [-0.3, -0.25) is 0 Å². The van der Waals surface area contributed by atoms with Crippen molar-refractivity contribution in [3.63, 3.8) is 0 Å². The molecule has 2 aromatic rings. The van der Waals surface area contributed by atoms with Gasteiger partial charge >= 0.3 is 17.1 Å². The van der Waals surface area contributed by atoms with E-state index in [-0.39, 0.29) is 17.1 Å². The Balaban J connectivity index is 0. The summed E-state index contributed by atoms with van der Waals surface area (Å²) in [5, 5.41) is 0. The molecule has 0 amide bonds. The topological polar surface area (TPSA) is 0 Å². The predicted octanol–water partition coefficient (Wildman–Crippen LogP) is 4.00. The minimum absolute atomic E-state index is 0. The van der Waals surface area contributed by atoms with Gasteiger partial charge in [-0.15, -0.1) is 6.58 Å². The number of hydrogen-bond acceptors (Lipinski definition) is 0. The third kappa shape index (κ3) is 13.5. The van der Waals surface area contributed by atoms with Crippen LogP contribution in [0.1, 0.15) is 6.92 Å². The van der Waals surface area contributed by atoms with E-state index in [1.807, 2.05) is 67.6 Å². The zero-order valence-electron chi connectivity index (χ0n) is 8.41. The van der Waals surface area contributed by atoms with Crippen LogP contribution in [0.2, 0.25) is 0 Å². The van der Waals surface area contributed by atoms with Gasteiger partial charge in [0.1, 0.15) is 0 Å². The van der Waals surface area contributed by atoms with E-state index in [0.717, 1.165) is 0 Å². The van der Waals surface area contributed by atoms with Gasteiger partial charge in [-0.25, -0.2) is 24.3 Å². The Hall–Kier alpha value is -1.04. The molecule has 0 fully saturated rings. The van der Waals surface area contributed by atoms with E-state index in [1.165, 1.54) is 0 Å². The van der Waals surface area contributed by atoms with Crippen molar-refractivity contribution in [2.24, 2.45) is 0 Å². The molecule has 0 aromatic heterocycles. The van der Waals surface area contributed by atoms with Gasteiger partial charge in [0.05, 0.1) is 0 Å². The summed E-state index contributed by atoms with van der Waals surface area (Å²) in [6.07, 6.45) is 1.75. The molecule has 1 heteroatoms. The van der Waals surface area contributed by atoms with E-state index in [1.54, 1.807) is 6.08 Å². The summed E-state index contributed by atoms with van der Waals surface area (Å²) in [6, 6.07) is 20.0. The second-order valence-corrected chi connectivity index (χ2v) is 2.33. The molecular formula is C13H16Fe. The number of hydrogen-bond donors (Lipinski definition) is 0. The fraction of sp³-hybridized carbons (Fsp3) is 0.0769. The van der Waals surface area contributed by atoms with Crippen LogP contribution in [-0.2, 0) is 17.1 Å². The Kier molecular flexibility index (Phi) is 16.0. The van der Waals surface area contributed by atoms with Gasteiger partial charge in [0.15, 0.2) is 0 Å². The smallest absolute Gasteiger partial charge is 0.214 e. The fourth-order valence-corrected chi connectivity index (χ4v) is 0.642. The first-order valence-corrected chi connectivity index (χ1v) is 4.32. The summed E-state index contributed by atoms with van der Waals surface area (Å²) in [5.41, 5.74) is 0. The molecule has 14 heavy (non-hydrogen) atoms. The molecule has 0 radical (unpaired) electrons. The normalized spacial score (nSPS) is 6.64. The Morgan fingerprint density at radius 3 is 1.14 bits per heavy atom. The maximum absolute atomic E-state index is 3.36. The van der Waals surface area contributed by atoms with Crippen LogP contribution in [0.4, 0.5) is 0 Å². The molecule has 0 heterocycles. The van der Waals surface area contributed by atoms with Crippen molar-refractivity contribution in [3.05, 3.63) is 73.3 Å². The minimum atomic E-state index is 0. The van der Waals surface area contributed by atoms with Crippen LogP contribution in [0, 0.1) is 0 Å². The average molecular weight is 228 g/mol. The maximum atomic E-state index is 3.36. The van der Waals surface area contributed by atoms with E-state index in [4.69, 9.17) is 0 Å². The summed E-state index contributed by atoms with van der Waals surface area (Å²) < 4.78 is 0. The Labute approximate surface area is 97.5 Å². The third-order valence-corrected chi connectivity index (χ3v) is 1.11. The monoisotopic (exact) mass is 228 g/mol. The van der Waals surface area contributed by atoms with E-state index < -0.39 is 0 Å². The van der Waals surface area contributed by atoms with Crippen LogP contribution in [-0.4, -0.2) is 0 Å². The summed E-state index contributed by atoms with van der Waals surface area (Å²) in [6.45, 7) is 5.25. The minimum Gasteiger partial charge on any atom is -0.214 e. The first-order chi connectivity index (χ1) is 6.41. The molecule has 2 rings (SSSR count). The van der Waals surface area contributed by atoms with Gasteiger partial charge in [-0.2, -0.15) is 36.4 Å². The van der Waals surface area contributed by atoms with Crippen LogP contribution in [0.15, 0.2) is 73.3 Å². The van der Waals surface area contributed by atoms with Crippen LogP contribution in [0.5, 0.6) is 0 Å². The second-order valence-electron chi connectivity index (χ2n) is 2.33. The van der Waals surface area contributed by atoms with Crippen molar-refractivity contribution >= 4 is 0 Å². The molecule has 0 aliphatic heterocycles. The molecule has 0 unspecified atom stereocenters. The van der Waals surface area contributed by atoms with Crippen molar-refractivity contribution in [1.29, 1.82) is 0 Å². The molecule has 76 valence electrons. The molecule has 0 saturated heterocycles. The van der Waals surface area contributed by atoms with Crippen molar-refractivity contribution in [2.45, 2.75) is 6.92 Å². The van der Waals surface area contributed by atoms with E-state index in [2.05, 4.69) is 6.58 Å². The van der Waals surface area contributed by atoms with Crippen molar-refractivity contribution in [1.82, 2.24) is 0 Å². The summed E-state index contributed by atoms with van der Waals surface area (Å²) in [4.78, 5) is 0. The standard InChI is InChI=1S/2C5H5.C3H6.Fe/c2*1-2-4-5-3-1;1-3-2;/h2*1-5H;3H,1H2,2H3;/q2*-1;;+2.